The van der Waals surface area contributed by atoms with Crippen LogP contribution in [-0.2, 0) is 57.9 Å². The Balaban J connectivity index is 1.35. The number of Topliss-reactive ketones (excluding diaryl/α,β-unsaturated/α-hetero) is 2. The molecule has 1 heterocycles. The number of rotatable bonds is 45. The summed E-state index contributed by atoms with van der Waals surface area (Å²) in [6, 6.07) is 15.3. The predicted molar refractivity (Wildman–Crippen MR) is 344 cm³/mol. The van der Waals surface area contributed by atoms with E-state index in [0.717, 1.165) is 28.2 Å². The quantitative estimate of drug-likeness (QED) is 0.0214. The number of aromatic nitrogens is 2. The van der Waals surface area contributed by atoms with Crippen LogP contribution in [0.3, 0.4) is 0 Å². The van der Waals surface area contributed by atoms with Gasteiger partial charge >= 0.3 is 11.7 Å². The van der Waals surface area contributed by atoms with E-state index in [1.807, 2.05) is 0 Å². The van der Waals surface area contributed by atoms with Crippen molar-refractivity contribution in [2.24, 2.45) is 11.7 Å². The number of carboxylic acids is 1. The fourth-order valence-electron chi connectivity index (χ4n) is 10.5. The second-order valence-corrected chi connectivity index (χ2v) is 23.9. The number of aryl methyl sites for hydroxylation is 1. The molecule has 31 heteroatoms. The van der Waals surface area contributed by atoms with Crippen molar-refractivity contribution < 1.29 is 103 Å². The Bertz CT molecular complexity index is 3360. The summed E-state index contributed by atoms with van der Waals surface area (Å²) >= 11 is 0. The second-order valence-electron chi connectivity index (χ2n) is 23.9. The molecule has 1 aromatic heterocycles. The van der Waals surface area contributed by atoms with E-state index < -0.39 is 208 Å². The van der Waals surface area contributed by atoms with Crippen molar-refractivity contribution in [3.05, 3.63) is 128 Å². The fourth-order valence-corrected chi connectivity index (χ4v) is 10.5. The average Bonchev–Trinajstić information content (AvgIpc) is 0.766. The number of carbonyl (C=O) groups is 8. The number of unbranched alkanes of at least 4 members (excludes halogenated alkanes) is 4. The van der Waals surface area contributed by atoms with Gasteiger partial charge in [-0.05, 0) is 81.2 Å². The molecule has 0 spiro atoms. The highest BCUT2D eigenvalue weighted by Gasteiger charge is 2.34. The van der Waals surface area contributed by atoms with Crippen LogP contribution in [0, 0.1) is 24.5 Å². The summed E-state index contributed by atoms with van der Waals surface area (Å²) in [4.78, 5) is 133. The van der Waals surface area contributed by atoms with Gasteiger partial charge in [0.25, 0.3) is 5.56 Å². The minimum absolute atomic E-state index is 0.0572. The highest BCUT2D eigenvalue weighted by molar-refractivity contribution is 5.94. The van der Waals surface area contributed by atoms with Crippen LogP contribution in [0.5, 0.6) is 0 Å². The van der Waals surface area contributed by atoms with Gasteiger partial charge < -0.3 is 88.5 Å². The average molecular weight is 1370 g/mol. The molecule has 0 radical (unpaired) electrons. The number of aliphatic hydroxyl groups excluding tert-OH is 10. The van der Waals surface area contributed by atoms with Gasteiger partial charge in [0.2, 0.25) is 29.5 Å². The summed E-state index contributed by atoms with van der Waals surface area (Å²) in [6.07, 6.45) is -16.1. The van der Waals surface area contributed by atoms with Crippen LogP contribution in [-0.4, -0.2) is 206 Å². The molecule has 97 heavy (non-hydrogen) atoms. The second kappa shape index (κ2) is 41.2. The molecule has 0 aliphatic heterocycles. The molecular formula is C66H92F2N8O21. The van der Waals surface area contributed by atoms with Gasteiger partial charge in [-0.15, -0.1) is 0 Å². The van der Waals surface area contributed by atoms with Crippen LogP contribution >= 0.6 is 0 Å². The number of ketones is 2. The van der Waals surface area contributed by atoms with Crippen molar-refractivity contribution in [1.82, 2.24) is 35.7 Å². The maximum atomic E-state index is 15.0. The SMILES string of the molecule is CC(=O)[C@@H](CCC(=O)NC[C@H](O)[C@@H](O)[C@H](O)[C@H](O)CO)NC(=O)[C@@H](CCC(=O)O)CC(=O)[C@@H](CCC(=O)NC[C@H](O)[C@@H](O)[C@H](O)[C@H](O)CO)NC(=O)CCCCCCCNC(=O)CCc1cccc(-c2c(C)n(Cc3c(F)cccc3F)c(=O)n(C[C@@H](N)c3ccccc3)c2=O)c1. The zero-order valence-electron chi connectivity index (χ0n) is 54.1. The number of carbonyl (C=O) groups excluding carboxylic acids is 7. The Labute approximate surface area is 557 Å². The van der Waals surface area contributed by atoms with E-state index >= 15 is 0 Å². The van der Waals surface area contributed by atoms with Gasteiger partial charge in [-0.25, -0.2) is 13.6 Å². The third-order valence-electron chi connectivity index (χ3n) is 16.5. The Hall–Kier alpha value is -8.08. The number of benzene rings is 3. The van der Waals surface area contributed by atoms with Gasteiger partial charge in [0.15, 0.2) is 11.6 Å². The van der Waals surface area contributed by atoms with E-state index in [0.29, 0.717) is 55.3 Å². The number of hydrogen-bond donors (Lipinski definition) is 17. The van der Waals surface area contributed by atoms with Gasteiger partial charge in [-0.3, -0.25) is 52.3 Å². The molecule has 0 saturated heterocycles. The van der Waals surface area contributed by atoms with Crippen molar-refractivity contribution >= 4 is 47.1 Å². The molecule has 0 aliphatic rings. The van der Waals surface area contributed by atoms with Crippen LogP contribution < -0.4 is 43.6 Å². The highest BCUT2D eigenvalue weighted by Crippen LogP contribution is 2.24. The first-order valence-electron chi connectivity index (χ1n) is 32.0. The number of aliphatic carboxylic acids is 1. The van der Waals surface area contributed by atoms with E-state index in [-0.39, 0.29) is 55.0 Å². The van der Waals surface area contributed by atoms with E-state index in [9.17, 15) is 103 Å². The molecule has 0 fully saturated rings. The molecule has 3 aromatic carbocycles. The third-order valence-corrected chi connectivity index (χ3v) is 16.5. The largest absolute Gasteiger partial charge is 0.481 e. The van der Waals surface area contributed by atoms with E-state index in [1.165, 1.54) is 13.0 Å². The van der Waals surface area contributed by atoms with Crippen LogP contribution in [0.25, 0.3) is 11.1 Å². The summed E-state index contributed by atoms with van der Waals surface area (Å²) in [5.41, 5.74) is 6.60. The number of aliphatic hydroxyl groups is 10. The predicted octanol–water partition coefficient (Wildman–Crippen LogP) is -1.94. The van der Waals surface area contributed by atoms with Crippen molar-refractivity contribution in [3.63, 3.8) is 0 Å². The van der Waals surface area contributed by atoms with Crippen LogP contribution in [0.4, 0.5) is 8.78 Å². The summed E-state index contributed by atoms with van der Waals surface area (Å²) in [6.45, 7) is -1.10. The first kappa shape index (κ1) is 81.3. The van der Waals surface area contributed by atoms with Crippen LogP contribution in [0.1, 0.15) is 125 Å². The lowest BCUT2D eigenvalue weighted by atomic mass is 9.91. The van der Waals surface area contributed by atoms with E-state index in [1.54, 1.807) is 54.6 Å². The Kier molecular flexibility index (Phi) is 34.6. The fraction of sp³-hybridized carbons (Fsp3) is 0.545. The van der Waals surface area contributed by atoms with Gasteiger partial charge in [-0.1, -0.05) is 79.9 Å². The molecule has 4 aromatic rings. The normalized spacial score (nSPS) is 15.2. The summed E-state index contributed by atoms with van der Waals surface area (Å²) < 4.78 is 32.1. The van der Waals surface area contributed by atoms with Crippen molar-refractivity contribution in [1.29, 1.82) is 0 Å². The molecule has 5 amide bonds. The molecule has 18 N–H and O–H groups in total. The monoisotopic (exact) mass is 1370 g/mol. The van der Waals surface area contributed by atoms with Gasteiger partial charge in [0.1, 0.15) is 48.3 Å². The molecule has 0 unspecified atom stereocenters. The topological polar surface area (TPSA) is 489 Å². The number of nitrogens with two attached hydrogens (primary N) is 1. The maximum absolute atomic E-state index is 15.0. The third kappa shape index (κ3) is 26.4. The van der Waals surface area contributed by atoms with E-state index in [2.05, 4.69) is 26.6 Å². The number of nitrogens with zero attached hydrogens (tertiary/aromatic N) is 2. The lowest BCUT2D eigenvalue weighted by Crippen LogP contribution is -2.50. The Morgan fingerprint density at radius 3 is 1.68 bits per heavy atom. The number of halogens is 2. The number of amides is 5. The molecule has 0 bridgehead atoms. The lowest BCUT2D eigenvalue weighted by molar-refractivity contribution is -0.139. The van der Waals surface area contributed by atoms with Crippen molar-refractivity contribution in [2.45, 2.75) is 190 Å². The Morgan fingerprint density at radius 2 is 1.11 bits per heavy atom. The van der Waals surface area contributed by atoms with E-state index in [4.69, 9.17) is 15.9 Å². The molecule has 0 aliphatic carbocycles. The van der Waals surface area contributed by atoms with Crippen molar-refractivity contribution in [2.75, 3.05) is 32.8 Å². The molecule has 12 atom stereocenters. The van der Waals surface area contributed by atoms with Crippen LogP contribution in [0.15, 0.2) is 82.4 Å². The summed E-state index contributed by atoms with van der Waals surface area (Å²) in [7, 11) is 0. The minimum Gasteiger partial charge on any atom is -0.481 e. The molecule has 29 nitrogen and oxygen atoms in total. The number of carboxylic acid groups (broad SMARTS) is 1. The molecular weight excluding hydrogens is 1280 g/mol. The highest BCUT2D eigenvalue weighted by atomic mass is 19.1. The molecule has 0 saturated carbocycles. The van der Waals surface area contributed by atoms with Crippen LogP contribution in [0.2, 0.25) is 0 Å². The zero-order valence-corrected chi connectivity index (χ0v) is 54.1. The van der Waals surface area contributed by atoms with Gasteiger partial charge in [-0.2, -0.15) is 0 Å². The van der Waals surface area contributed by atoms with Gasteiger partial charge in [0, 0.05) is 81.4 Å². The lowest BCUT2D eigenvalue weighted by Gasteiger charge is -2.26. The first-order valence-corrected chi connectivity index (χ1v) is 32.0. The zero-order chi connectivity index (χ0) is 72.1. The maximum Gasteiger partial charge on any atom is 0.331 e. The van der Waals surface area contributed by atoms with Crippen molar-refractivity contribution in [3.8, 4) is 11.1 Å². The number of hydrogen-bond acceptors (Lipinski definition) is 21. The summed E-state index contributed by atoms with van der Waals surface area (Å²) in [5.74, 6) is -9.61. The Morgan fingerprint density at radius 1 is 0.577 bits per heavy atom. The minimum atomic E-state index is -2.02. The standard InChI is InChI=1S/C66H92F2N8O21/c1-37-59(65(96)76(34-46(69)40-14-7-6-8-15-40)66(97)75(37)33-43-44(67)17-12-18-45(43)68)41-16-11-13-39(29-41)20-24-54(85)70-28-10-5-3-4-9-19-57(88)73-48(23-26-56(87)72-32-51(82)61(92)63(94)53(84)36-78)49(80)30-42(21-27-58(89)90)64(95)74-47(38(2)79)22-25-55(86)71-31-50(81)60(91)62(93)52(83)35-77/h6-8,11-18,29,42,46-48,50-53,60-63,77-78,81-84,91-94H,3-5,9-10,19-28,30-36,69H2,1-2H3,(H,70,85)(H,71,86)(H,72,87)(H,73,88)(H,74,95)(H,89,90)/t42-,46+,47+,48+,50-,51-,52+,53+,60+,61+,62+,63+/m0/s1. The van der Waals surface area contributed by atoms with Gasteiger partial charge in [0.05, 0.1) is 56.2 Å². The molecule has 536 valence electrons. The summed E-state index contributed by atoms with van der Waals surface area (Å²) in [5, 5.41) is 120. The first-order chi connectivity index (χ1) is 46.0. The smallest absolute Gasteiger partial charge is 0.331 e. The molecule has 4 rings (SSSR count). The number of nitrogens with one attached hydrogen (secondary N) is 5.